The Morgan fingerprint density at radius 2 is 2.12 bits per heavy atom. The number of carbonyl (C=O) groups is 3. The Balaban J connectivity index is 1.97. The molecule has 0 saturated carbocycles. The van der Waals surface area contributed by atoms with Crippen molar-refractivity contribution in [3.8, 4) is 0 Å². The molecule has 2 amide bonds. The van der Waals surface area contributed by atoms with Gasteiger partial charge in [-0.05, 0) is 37.5 Å². The summed E-state index contributed by atoms with van der Waals surface area (Å²) in [6.07, 6.45) is 1.59. The van der Waals surface area contributed by atoms with Gasteiger partial charge in [0.15, 0.2) is 0 Å². The zero-order valence-corrected chi connectivity index (χ0v) is 15.1. The van der Waals surface area contributed by atoms with Crippen molar-refractivity contribution in [3.05, 3.63) is 29.8 Å². The topological polar surface area (TPSA) is 75.7 Å². The molecule has 1 heterocycles. The van der Waals surface area contributed by atoms with Gasteiger partial charge in [0, 0.05) is 32.1 Å². The van der Waals surface area contributed by atoms with Gasteiger partial charge < -0.3 is 15.0 Å². The molecule has 1 aromatic rings. The van der Waals surface area contributed by atoms with Gasteiger partial charge in [0.25, 0.3) is 0 Å². The average molecular weight is 346 g/mol. The molecule has 0 unspecified atom stereocenters. The summed E-state index contributed by atoms with van der Waals surface area (Å²) in [7, 11) is 0. The predicted molar refractivity (Wildman–Crippen MR) is 94.8 cm³/mol. The molecule has 1 aliphatic heterocycles. The number of likely N-dealkylation sites (tertiary alicyclic amines) is 1. The lowest BCUT2D eigenvalue weighted by molar-refractivity contribution is -0.156. The Kier molecular flexibility index (Phi) is 6.56. The van der Waals surface area contributed by atoms with Gasteiger partial charge in [-0.2, -0.15) is 0 Å². The molecule has 1 fully saturated rings. The molecule has 6 heteroatoms. The molecule has 0 bridgehead atoms. The lowest BCUT2D eigenvalue weighted by atomic mass is 9.97. The molecular formula is C19H26N2O4. The maximum atomic E-state index is 12.5. The lowest BCUT2D eigenvalue weighted by Gasteiger charge is -2.32. The Bertz CT molecular complexity index is 644. The van der Waals surface area contributed by atoms with Crippen molar-refractivity contribution < 1.29 is 19.1 Å². The molecule has 136 valence electrons. The van der Waals surface area contributed by atoms with Crippen LogP contribution in [0.2, 0.25) is 0 Å². The van der Waals surface area contributed by atoms with Crippen LogP contribution >= 0.6 is 0 Å². The molecular weight excluding hydrogens is 320 g/mol. The van der Waals surface area contributed by atoms with Gasteiger partial charge in [-0.3, -0.25) is 14.4 Å². The molecule has 0 aromatic heterocycles. The second kappa shape index (κ2) is 8.65. The number of hydrogen-bond acceptors (Lipinski definition) is 4. The first-order valence-corrected chi connectivity index (χ1v) is 8.76. The monoisotopic (exact) mass is 346 g/mol. The van der Waals surface area contributed by atoms with Gasteiger partial charge in [-0.25, -0.2) is 0 Å². The van der Waals surface area contributed by atoms with Crippen molar-refractivity contribution in [2.75, 3.05) is 18.4 Å². The number of rotatable bonds is 5. The molecule has 6 nitrogen and oxygen atoms in total. The van der Waals surface area contributed by atoms with E-state index in [-0.39, 0.29) is 23.7 Å². The van der Waals surface area contributed by atoms with Crippen LogP contribution in [0.3, 0.4) is 0 Å². The molecule has 1 aromatic carbocycles. The largest absolute Gasteiger partial charge is 0.458 e. The molecule has 1 N–H and O–H groups in total. The average Bonchev–Trinajstić information content (AvgIpc) is 2.60. The normalized spacial score (nSPS) is 18.4. The first-order chi connectivity index (χ1) is 11.9. The highest BCUT2D eigenvalue weighted by molar-refractivity contribution is 5.88. The van der Waals surface area contributed by atoms with Gasteiger partial charge >= 0.3 is 5.97 Å². The minimum Gasteiger partial charge on any atom is -0.458 e. The predicted octanol–water partition coefficient (Wildman–Crippen LogP) is 2.90. The van der Waals surface area contributed by atoms with Crippen LogP contribution in [0.4, 0.5) is 5.69 Å². The third-order valence-electron chi connectivity index (χ3n) is 4.38. The lowest BCUT2D eigenvalue weighted by Crippen LogP contribution is -2.42. The van der Waals surface area contributed by atoms with E-state index in [1.165, 1.54) is 6.92 Å². The fourth-order valence-corrected chi connectivity index (χ4v) is 3.03. The molecule has 0 radical (unpaired) electrons. The smallest absolute Gasteiger partial charge is 0.311 e. The van der Waals surface area contributed by atoms with Crippen LogP contribution in [0.1, 0.15) is 51.7 Å². The van der Waals surface area contributed by atoms with E-state index in [9.17, 15) is 14.4 Å². The quantitative estimate of drug-likeness (QED) is 0.832. The summed E-state index contributed by atoms with van der Waals surface area (Å²) in [6, 6.07) is 7.26. The van der Waals surface area contributed by atoms with E-state index < -0.39 is 6.10 Å². The number of carbonyl (C=O) groups excluding carboxylic acids is 3. The summed E-state index contributed by atoms with van der Waals surface area (Å²) >= 11 is 0. The zero-order chi connectivity index (χ0) is 18.4. The minimum atomic E-state index is -0.418. The highest BCUT2D eigenvalue weighted by atomic mass is 16.5. The second-order valence-electron chi connectivity index (χ2n) is 6.42. The van der Waals surface area contributed by atoms with Crippen LogP contribution in [-0.4, -0.2) is 35.8 Å². The Morgan fingerprint density at radius 3 is 2.80 bits per heavy atom. The van der Waals surface area contributed by atoms with E-state index in [0.29, 0.717) is 25.2 Å². The maximum absolute atomic E-state index is 12.5. The summed E-state index contributed by atoms with van der Waals surface area (Å²) < 4.78 is 5.61. The number of hydrogen-bond donors (Lipinski definition) is 1. The number of nitrogens with one attached hydrogen (secondary N) is 1. The third kappa shape index (κ3) is 5.31. The van der Waals surface area contributed by atoms with Crippen LogP contribution in [0.25, 0.3) is 0 Å². The van der Waals surface area contributed by atoms with Crippen LogP contribution < -0.4 is 5.32 Å². The van der Waals surface area contributed by atoms with Crippen molar-refractivity contribution in [1.82, 2.24) is 4.90 Å². The van der Waals surface area contributed by atoms with E-state index in [2.05, 4.69) is 5.32 Å². The molecule has 0 spiro atoms. The van der Waals surface area contributed by atoms with Crippen LogP contribution in [0.15, 0.2) is 24.3 Å². The SMILES string of the molecule is CCC(=O)N1CCC[C@@H](C(=O)O[C@@H](C)c2cccc(NC(C)=O)c2)C1. The van der Waals surface area contributed by atoms with E-state index in [1.807, 2.05) is 26.0 Å². The number of amides is 2. The fourth-order valence-electron chi connectivity index (χ4n) is 3.03. The van der Waals surface area contributed by atoms with E-state index in [0.717, 1.165) is 18.4 Å². The minimum absolute atomic E-state index is 0.0774. The number of esters is 1. The van der Waals surface area contributed by atoms with Crippen LogP contribution in [0.5, 0.6) is 0 Å². The number of piperidine rings is 1. The Morgan fingerprint density at radius 1 is 1.36 bits per heavy atom. The Labute approximate surface area is 148 Å². The van der Waals surface area contributed by atoms with Gasteiger partial charge in [0.1, 0.15) is 6.10 Å². The summed E-state index contributed by atoms with van der Waals surface area (Å²) in [5, 5.41) is 2.72. The summed E-state index contributed by atoms with van der Waals surface area (Å²) in [5.74, 6) is -0.616. The summed E-state index contributed by atoms with van der Waals surface area (Å²) in [5.41, 5.74) is 1.49. The molecule has 2 atom stereocenters. The van der Waals surface area contributed by atoms with E-state index in [4.69, 9.17) is 4.74 Å². The zero-order valence-electron chi connectivity index (χ0n) is 15.1. The highest BCUT2D eigenvalue weighted by Crippen LogP contribution is 2.24. The number of ether oxygens (including phenoxy) is 1. The van der Waals surface area contributed by atoms with Gasteiger partial charge in [-0.1, -0.05) is 19.1 Å². The molecule has 0 aliphatic carbocycles. The first-order valence-electron chi connectivity index (χ1n) is 8.76. The first kappa shape index (κ1) is 19.0. The van der Waals surface area contributed by atoms with E-state index >= 15 is 0 Å². The van der Waals surface area contributed by atoms with Crippen molar-refractivity contribution >= 4 is 23.5 Å². The maximum Gasteiger partial charge on any atom is 0.311 e. The molecule has 1 saturated heterocycles. The summed E-state index contributed by atoms with van der Waals surface area (Å²) in [4.78, 5) is 37.2. The fraction of sp³-hybridized carbons (Fsp3) is 0.526. The van der Waals surface area contributed by atoms with Gasteiger partial charge in [-0.15, -0.1) is 0 Å². The van der Waals surface area contributed by atoms with Crippen molar-refractivity contribution in [2.24, 2.45) is 5.92 Å². The standard InChI is InChI=1S/C19H26N2O4/c1-4-18(23)21-10-6-8-16(12-21)19(24)25-13(2)15-7-5-9-17(11-15)20-14(3)22/h5,7,9,11,13,16H,4,6,8,10,12H2,1-3H3,(H,20,22)/t13-,16+/m0/s1. The molecule has 25 heavy (non-hydrogen) atoms. The van der Waals surface area contributed by atoms with Crippen LogP contribution in [0, 0.1) is 5.92 Å². The van der Waals surface area contributed by atoms with Crippen molar-refractivity contribution in [2.45, 2.75) is 46.1 Å². The van der Waals surface area contributed by atoms with Crippen LogP contribution in [-0.2, 0) is 19.1 Å². The van der Waals surface area contributed by atoms with Crippen molar-refractivity contribution in [3.63, 3.8) is 0 Å². The van der Waals surface area contributed by atoms with Gasteiger partial charge in [0.05, 0.1) is 5.92 Å². The highest BCUT2D eigenvalue weighted by Gasteiger charge is 2.30. The van der Waals surface area contributed by atoms with Gasteiger partial charge in [0.2, 0.25) is 11.8 Å². The second-order valence-corrected chi connectivity index (χ2v) is 6.42. The van der Waals surface area contributed by atoms with Crippen molar-refractivity contribution in [1.29, 1.82) is 0 Å². The third-order valence-corrected chi connectivity index (χ3v) is 4.38. The summed E-state index contributed by atoms with van der Waals surface area (Å²) in [6.45, 7) is 6.23. The van der Waals surface area contributed by atoms with E-state index in [1.54, 1.807) is 17.0 Å². The molecule has 2 rings (SSSR count). The number of nitrogens with zero attached hydrogens (tertiary/aromatic N) is 1. The number of anilines is 1. The molecule has 1 aliphatic rings. The number of benzene rings is 1. The Hall–Kier alpha value is -2.37.